The van der Waals surface area contributed by atoms with Crippen molar-refractivity contribution in [3.05, 3.63) is 53.8 Å². The van der Waals surface area contributed by atoms with Crippen LogP contribution in [-0.2, 0) is 14.4 Å². The molecule has 0 saturated heterocycles. The molecule has 9 heteroatoms. The first-order chi connectivity index (χ1) is 11.8. The Labute approximate surface area is 140 Å². The van der Waals surface area contributed by atoms with Crippen LogP contribution in [0.3, 0.4) is 0 Å². The fraction of sp³-hybridized carbons (Fsp3) is 0.0625. The first-order valence-corrected chi connectivity index (χ1v) is 6.91. The number of benzene rings is 2. The molecular formula is C16H12F3N3O3. The first-order valence-electron chi connectivity index (χ1n) is 6.91. The van der Waals surface area contributed by atoms with E-state index in [1.165, 1.54) is 31.2 Å². The van der Waals surface area contributed by atoms with Crippen LogP contribution in [0.5, 0.6) is 0 Å². The molecule has 6 nitrogen and oxygen atoms in total. The van der Waals surface area contributed by atoms with Gasteiger partial charge < -0.3 is 16.0 Å². The summed E-state index contributed by atoms with van der Waals surface area (Å²) in [5.74, 6) is -7.47. The van der Waals surface area contributed by atoms with Gasteiger partial charge in [-0.25, -0.2) is 13.2 Å². The standard InChI is InChI=1S/C16H12F3N3O3/c1-8(23)20-9-2-4-10(5-3-9)21-15(24)16(25)22-12-7-6-11(17)13(18)14(12)19/h2-7H,1H3,(H,20,23)(H,21,24)(H,22,25). The Kier molecular flexibility index (Phi) is 5.38. The molecule has 0 aliphatic carbocycles. The van der Waals surface area contributed by atoms with Gasteiger partial charge in [-0.15, -0.1) is 0 Å². The normalized spacial score (nSPS) is 10.1. The largest absolute Gasteiger partial charge is 0.326 e. The van der Waals surface area contributed by atoms with Crippen molar-refractivity contribution < 1.29 is 27.6 Å². The van der Waals surface area contributed by atoms with Gasteiger partial charge in [-0.3, -0.25) is 14.4 Å². The zero-order chi connectivity index (χ0) is 18.6. The summed E-state index contributed by atoms with van der Waals surface area (Å²) in [5, 5.41) is 6.60. The molecule has 3 N–H and O–H groups in total. The van der Waals surface area contributed by atoms with Crippen molar-refractivity contribution in [1.82, 2.24) is 0 Å². The quantitative estimate of drug-likeness (QED) is 0.587. The lowest BCUT2D eigenvalue weighted by Gasteiger charge is -2.09. The van der Waals surface area contributed by atoms with Gasteiger partial charge in [0.15, 0.2) is 17.5 Å². The molecule has 0 spiro atoms. The molecule has 0 aliphatic rings. The van der Waals surface area contributed by atoms with Gasteiger partial charge in [0.25, 0.3) is 0 Å². The van der Waals surface area contributed by atoms with Gasteiger partial charge in [0.1, 0.15) is 0 Å². The number of carbonyl (C=O) groups excluding carboxylic acids is 3. The molecule has 3 amide bonds. The summed E-state index contributed by atoms with van der Waals surface area (Å²) >= 11 is 0. The number of rotatable bonds is 3. The third-order valence-electron chi connectivity index (χ3n) is 2.95. The molecular weight excluding hydrogens is 339 g/mol. The Balaban J connectivity index is 2.02. The van der Waals surface area contributed by atoms with Crippen LogP contribution in [0.4, 0.5) is 30.2 Å². The van der Waals surface area contributed by atoms with Gasteiger partial charge in [-0.05, 0) is 36.4 Å². The van der Waals surface area contributed by atoms with Gasteiger partial charge >= 0.3 is 11.8 Å². The van der Waals surface area contributed by atoms with E-state index in [4.69, 9.17) is 0 Å². The topological polar surface area (TPSA) is 87.3 Å². The second-order valence-corrected chi connectivity index (χ2v) is 4.89. The van der Waals surface area contributed by atoms with E-state index in [-0.39, 0.29) is 11.6 Å². The summed E-state index contributed by atoms with van der Waals surface area (Å²) in [6.07, 6.45) is 0. The Morgan fingerprint density at radius 2 is 1.24 bits per heavy atom. The lowest BCUT2D eigenvalue weighted by molar-refractivity contribution is -0.133. The average Bonchev–Trinajstić information content (AvgIpc) is 2.56. The fourth-order valence-electron chi connectivity index (χ4n) is 1.83. The monoisotopic (exact) mass is 351 g/mol. The minimum Gasteiger partial charge on any atom is -0.326 e. The Morgan fingerprint density at radius 1 is 0.720 bits per heavy atom. The highest BCUT2D eigenvalue weighted by atomic mass is 19.2. The van der Waals surface area contributed by atoms with E-state index < -0.39 is 35.0 Å². The van der Waals surface area contributed by atoms with Crippen LogP contribution in [0, 0.1) is 17.5 Å². The molecule has 0 saturated carbocycles. The van der Waals surface area contributed by atoms with E-state index in [0.29, 0.717) is 11.8 Å². The van der Waals surface area contributed by atoms with E-state index in [1.807, 2.05) is 5.32 Å². The van der Waals surface area contributed by atoms with Gasteiger partial charge in [-0.2, -0.15) is 0 Å². The molecule has 0 atom stereocenters. The van der Waals surface area contributed by atoms with Crippen LogP contribution in [-0.4, -0.2) is 17.7 Å². The molecule has 25 heavy (non-hydrogen) atoms. The third-order valence-corrected chi connectivity index (χ3v) is 2.95. The number of hydrogen-bond donors (Lipinski definition) is 3. The number of anilines is 3. The van der Waals surface area contributed by atoms with Crippen molar-refractivity contribution in [2.24, 2.45) is 0 Å². The maximum atomic E-state index is 13.5. The maximum Gasteiger partial charge on any atom is 0.314 e. The summed E-state index contributed by atoms with van der Waals surface area (Å²) in [7, 11) is 0. The highest BCUT2D eigenvalue weighted by Crippen LogP contribution is 2.19. The first kappa shape index (κ1) is 18.0. The molecule has 0 aromatic heterocycles. The second-order valence-electron chi connectivity index (χ2n) is 4.89. The van der Waals surface area contributed by atoms with Crippen molar-refractivity contribution in [2.45, 2.75) is 6.92 Å². The molecule has 0 bridgehead atoms. The van der Waals surface area contributed by atoms with Gasteiger partial charge in [0.2, 0.25) is 5.91 Å². The highest BCUT2D eigenvalue weighted by molar-refractivity contribution is 6.43. The second kappa shape index (κ2) is 7.47. The smallest absolute Gasteiger partial charge is 0.314 e. The van der Waals surface area contributed by atoms with Crippen molar-refractivity contribution in [1.29, 1.82) is 0 Å². The fourth-order valence-corrected chi connectivity index (χ4v) is 1.83. The lowest BCUT2D eigenvalue weighted by Crippen LogP contribution is -2.29. The molecule has 0 fully saturated rings. The van der Waals surface area contributed by atoms with Crippen LogP contribution in [0.2, 0.25) is 0 Å². The Hall–Kier alpha value is -3.36. The number of nitrogens with one attached hydrogen (secondary N) is 3. The molecule has 0 heterocycles. The molecule has 2 aromatic rings. The SMILES string of the molecule is CC(=O)Nc1ccc(NC(=O)C(=O)Nc2ccc(F)c(F)c2F)cc1. The van der Waals surface area contributed by atoms with Crippen LogP contribution in [0.15, 0.2) is 36.4 Å². The Bertz CT molecular complexity index is 839. The van der Waals surface area contributed by atoms with Crippen LogP contribution in [0.25, 0.3) is 0 Å². The van der Waals surface area contributed by atoms with Crippen LogP contribution < -0.4 is 16.0 Å². The number of halogens is 3. The van der Waals surface area contributed by atoms with E-state index in [9.17, 15) is 27.6 Å². The minimum atomic E-state index is -1.76. The summed E-state index contributed by atoms with van der Waals surface area (Å²) in [5.41, 5.74) is 0.0545. The van der Waals surface area contributed by atoms with Crippen LogP contribution in [0.1, 0.15) is 6.92 Å². The minimum absolute atomic E-state index is 0.236. The van der Waals surface area contributed by atoms with Crippen LogP contribution >= 0.6 is 0 Å². The predicted molar refractivity (Wildman–Crippen MR) is 84.3 cm³/mol. The van der Waals surface area contributed by atoms with Crippen molar-refractivity contribution in [2.75, 3.05) is 16.0 Å². The Morgan fingerprint density at radius 3 is 1.80 bits per heavy atom. The highest BCUT2D eigenvalue weighted by Gasteiger charge is 2.19. The van der Waals surface area contributed by atoms with E-state index in [1.54, 1.807) is 0 Å². The molecule has 0 aliphatic heterocycles. The van der Waals surface area contributed by atoms with Gasteiger partial charge in [-0.1, -0.05) is 0 Å². The third kappa shape index (κ3) is 4.56. The zero-order valence-electron chi connectivity index (χ0n) is 12.8. The maximum absolute atomic E-state index is 13.5. The van der Waals surface area contributed by atoms with Gasteiger partial charge in [0, 0.05) is 18.3 Å². The summed E-state index contributed by atoms with van der Waals surface area (Å²) in [6, 6.07) is 7.24. The molecule has 0 radical (unpaired) electrons. The molecule has 130 valence electrons. The lowest BCUT2D eigenvalue weighted by atomic mass is 10.2. The van der Waals surface area contributed by atoms with Gasteiger partial charge in [0.05, 0.1) is 5.69 Å². The predicted octanol–water partition coefficient (Wildman–Crippen LogP) is 2.64. The summed E-state index contributed by atoms with van der Waals surface area (Å²) in [4.78, 5) is 34.4. The zero-order valence-corrected chi connectivity index (χ0v) is 12.8. The van der Waals surface area contributed by atoms with E-state index in [0.717, 1.165) is 6.07 Å². The molecule has 2 aromatic carbocycles. The van der Waals surface area contributed by atoms with Crippen molar-refractivity contribution in [3.63, 3.8) is 0 Å². The average molecular weight is 351 g/mol. The number of amides is 3. The number of carbonyl (C=O) groups is 3. The summed E-state index contributed by atoms with van der Waals surface area (Å²) < 4.78 is 39.4. The molecule has 2 rings (SSSR count). The van der Waals surface area contributed by atoms with E-state index in [2.05, 4.69) is 10.6 Å². The molecule has 0 unspecified atom stereocenters. The summed E-state index contributed by atoms with van der Waals surface area (Å²) in [6.45, 7) is 1.33. The number of hydrogen-bond acceptors (Lipinski definition) is 3. The van der Waals surface area contributed by atoms with E-state index >= 15 is 0 Å². The van der Waals surface area contributed by atoms with Crippen molar-refractivity contribution in [3.8, 4) is 0 Å². The van der Waals surface area contributed by atoms with Crippen molar-refractivity contribution >= 4 is 34.8 Å².